The predicted octanol–water partition coefficient (Wildman–Crippen LogP) is 2.93. The SMILES string of the molecule is COCC(COC)N(c1cc(F)c(O)cc1C(=O)OC)C(O)C1CCC(C)CC1. The molecule has 29 heavy (non-hydrogen) atoms. The lowest BCUT2D eigenvalue weighted by Gasteiger charge is -2.42. The first kappa shape index (κ1) is 23.4. The number of nitrogens with zero attached hydrogens (tertiary/aromatic N) is 1. The van der Waals surface area contributed by atoms with Gasteiger partial charge in [-0.05, 0) is 24.8 Å². The normalized spacial score (nSPS) is 20.5. The van der Waals surface area contributed by atoms with Gasteiger partial charge in [0.05, 0.1) is 37.6 Å². The quantitative estimate of drug-likeness (QED) is 0.475. The van der Waals surface area contributed by atoms with Crippen LogP contribution in [0.15, 0.2) is 12.1 Å². The minimum absolute atomic E-state index is 0.0353. The second-order valence-electron chi connectivity index (χ2n) is 7.72. The number of methoxy groups -OCH3 is 3. The van der Waals surface area contributed by atoms with Gasteiger partial charge in [0.2, 0.25) is 0 Å². The number of aromatic hydroxyl groups is 1. The lowest BCUT2D eigenvalue weighted by molar-refractivity contribution is 0.0384. The molecule has 0 saturated heterocycles. The zero-order valence-corrected chi connectivity index (χ0v) is 17.6. The maximum Gasteiger partial charge on any atom is 0.340 e. The van der Waals surface area contributed by atoms with Crippen LogP contribution >= 0.6 is 0 Å². The van der Waals surface area contributed by atoms with Crippen LogP contribution in [-0.4, -0.2) is 63.0 Å². The number of rotatable bonds is 9. The first-order valence-electron chi connectivity index (χ1n) is 9.89. The van der Waals surface area contributed by atoms with Crippen LogP contribution in [0, 0.1) is 17.7 Å². The highest BCUT2D eigenvalue weighted by atomic mass is 19.1. The Morgan fingerprint density at radius 2 is 1.76 bits per heavy atom. The third kappa shape index (κ3) is 5.58. The van der Waals surface area contributed by atoms with Crippen LogP contribution in [-0.2, 0) is 14.2 Å². The van der Waals surface area contributed by atoms with Crippen molar-refractivity contribution in [1.82, 2.24) is 0 Å². The molecule has 8 heteroatoms. The number of esters is 1. The van der Waals surface area contributed by atoms with Crippen molar-refractivity contribution in [3.05, 3.63) is 23.5 Å². The van der Waals surface area contributed by atoms with Gasteiger partial charge in [0.15, 0.2) is 11.6 Å². The fourth-order valence-electron chi connectivity index (χ4n) is 4.00. The van der Waals surface area contributed by atoms with Gasteiger partial charge in [-0.1, -0.05) is 19.8 Å². The van der Waals surface area contributed by atoms with Gasteiger partial charge in [-0.3, -0.25) is 0 Å². The smallest absolute Gasteiger partial charge is 0.340 e. The van der Waals surface area contributed by atoms with Gasteiger partial charge in [-0.25, -0.2) is 9.18 Å². The van der Waals surface area contributed by atoms with Crippen molar-refractivity contribution in [2.75, 3.05) is 39.4 Å². The standard InChI is InChI=1S/C21H32FNO6/c1-13-5-7-14(8-6-13)20(25)23(15(11-27-2)12-28-3)18-10-17(22)19(24)9-16(18)21(26)29-4/h9-10,13-15,20,24-25H,5-8,11-12H2,1-4H3. The molecule has 0 amide bonds. The summed E-state index contributed by atoms with van der Waals surface area (Å²) in [5.41, 5.74) is 0.101. The molecule has 1 fully saturated rings. The molecule has 164 valence electrons. The maximum absolute atomic E-state index is 14.3. The summed E-state index contributed by atoms with van der Waals surface area (Å²) < 4.78 is 29.7. The molecule has 2 N–H and O–H groups in total. The molecule has 0 aromatic heterocycles. The number of hydrogen-bond acceptors (Lipinski definition) is 7. The number of carbonyl (C=O) groups excluding carboxylic acids is 1. The molecule has 1 saturated carbocycles. The van der Waals surface area contributed by atoms with Gasteiger partial charge in [-0.2, -0.15) is 0 Å². The number of hydrogen-bond donors (Lipinski definition) is 2. The van der Waals surface area contributed by atoms with Crippen molar-refractivity contribution in [3.63, 3.8) is 0 Å². The second-order valence-corrected chi connectivity index (χ2v) is 7.72. The van der Waals surface area contributed by atoms with E-state index in [4.69, 9.17) is 14.2 Å². The molecule has 7 nitrogen and oxygen atoms in total. The molecule has 0 spiro atoms. The van der Waals surface area contributed by atoms with Gasteiger partial charge < -0.3 is 29.3 Å². The Morgan fingerprint density at radius 3 is 2.28 bits per heavy atom. The van der Waals surface area contributed by atoms with Crippen LogP contribution in [0.3, 0.4) is 0 Å². The van der Waals surface area contributed by atoms with Crippen molar-refractivity contribution >= 4 is 11.7 Å². The van der Waals surface area contributed by atoms with Crippen LogP contribution in [0.1, 0.15) is 43.0 Å². The molecule has 1 unspecified atom stereocenters. The molecule has 1 aromatic rings. The van der Waals surface area contributed by atoms with Crippen LogP contribution in [0.4, 0.5) is 10.1 Å². The van der Waals surface area contributed by atoms with E-state index in [1.807, 2.05) is 0 Å². The molecular formula is C21H32FNO6. The summed E-state index contributed by atoms with van der Waals surface area (Å²) in [6.45, 7) is 2.57. The first-order valence-corrected chi connectivity index (χ1v) is 9.89. The highest BCUT2D eigenvalue weighted by Gasteiger charge is 2.36. The van der Waals surface area contributed by atoms with Crippen molar-refractivity contribution in [2.45, 2.75) is 44.9 Å². The molecule has 1 aromatic carbocycles. The van der Waals surface area contributed by atoms with Crippen LogP contribution in [0.5, 0.6) is 5.75 Å². The van der Waals surface area contributed by atoms with E-state index in [-0.39, 0.29) is 30.4 Å². The fourth-order valence-corrected chi connectivity index (χ4v) is 4.00. The van der Waals surface area contributed by atoms with E-state index in [9.17, 15) is 19.4 Å². The third-order valence-corrected chi connectivity index (χ3v) is 5.63. The molecule has 0 bridgehead atoms. The van der Waals surface area contributed by atoms with E-state index in [0.717, 1.165) is 37.8 Å². The van der Waals surface area contributed by atoms with E-state index in [1.165, 1.54) is 21.3 Å². The number of phenols is 1. The largest absolute Gasteiger partial charge is 0.505 e. The summed E-state index contributed by atoms with van der Waals surface area (Å²) in [6, 6.07) is 1.59. The maximum atomic E-state index is 14.3. The Kier molecular flexibility index (Phi) is 8.67. The summed E-state index contributed by atoms with van der Waals surface area (Å²) in [5.74, 6) is -1.75. The van der Waals surface area contributed by atoms with Crippen molar-refractivity contribution in [3.8, 4) is 5.75 Å². The lowest BCUT2D eigenvalue weighted by atomic mass is 9.81. The van der Waals surface area contributed by atoms with Crippen LogP contribution < -0.4 is 4.90 Å². The van der Waals surface area contributed by atoms with E-state index >= 15 is 0 Å². The molecule has 0 radical (unpaired) electrons. The lowest BCUT2D eigenvalue weighted by Crippen LogP contribution is -2.52. The number of halogens is 1. The number of ether oxygens (including phenoxy) is 3. The molecule has 1 aliphatic rings. The summed E-state index contributed by atoms with van der Waals surface area (Å²) in [4.78, 5) is 13.9. The van der Waals surface area contributed by atoms with Gasteiger partial charge >= 0.3 is 5.97 Å². The molecule has 2 rings (SSSR count). The fraction of sp³-hybridized carbons (Fsp3) is 0.667. The Morgan fingerprint density at radius 1 is 1.17 bits per heavy atom. The molecule has 0 aliphatic heterocycles. The number of aliphatic hydroxyl groups excluding tert-OH is 1. The van der Waals surface area contributed by atoms with Crippen molar-refractivity contribution < 1.29 is 33.6 Å². The minimum Gasteiger partial charge on any atom is -0.505 e. The number of benzene rings is 1. The van der Waals surface area contributed by atoms with Gasteiger partial charge in [0.25, 0.3) is 0 Å². The third-order valence-electron chi connectivity index (χ3n) is 5.63. The van der Waals surface area contributed by atoms with E-state index < -0.39 is 29.8 Å². The van der Waals surface area contributed by atoms with Crippen LogP contribution in [0.25, 0.3) is 0 Å². The molecule has 0 heterocycles. The second kappa shape index (κ2) is 10.8. The zero-order valence-electron chi connectivity index (χ0n) is 17.6. The van der Waals surface area contributed by atoms with E-state index in [1.54, 1.807) is 4.90 Å². The molecule has 1 aliphatic carbocycles. The summed E-state index contributed by atoms with van der Waals surface area (Å²) in [6.07, 6.45) is 2.63. The number of anilines is 1. The van der Waals surface area contributed by atoms with E-state index in [0.29, 0.717) is 5.92 Å². The van der Waals surface area contributed by atoms with Crippen molar-refractivity contribution in [1.29, 1.82) is 0 Å². The van der Waals surface area contributed by atoms with E-state index in [2.05, 4.69) is 6.92 Å². The number of phenolic OH excluding ortho intramolecular Hbond substituents is 1. The Labute approximate surface area is 171 Å². The topological polar surface area (TPSA) is 88.5 Å². The predicted molar refractivity (Wildman–Crippen MR) is 107 cm³/mol. The Bertz CT molecular complexity index is 671. The van der Waals surface area contributed by atoms with Gasteiger partial charge in [0.1, 0.15) is 6.23 Å². The summed E-state index contributed by atoms with van der Waals surface area (Å²) in [7, 11) is 4.25. The Hall–Kier alpha value is -1.90. The monoisotopic (exact) mass is 413 g/mol. The van der Waals surface area contributed by atoms with Crippen molar-refractivity contribution in [2.24, 2.45) is 11.8 Å². The van der Waals surface area contributed by atoms with Gasteiger partial charge in [-0.15, -0.1) is 0 Å². The van der Waals surface area contributed by atoms with Gasteiger partial charge in [0, 0.05) is 26.2 Å². The zero-order chi connectivity index (χ0) is 21.6. The highest BCUT2D eigenvalue weighted by Crippen LogP contribution is 2.37. The summed E-state index contributed by atoms with van der Waals surface area (Å²) in [5, 5.41) is 21.1. The molecular weight excluding hydrogens is 381 g/mol. The van der Waals surface area contributed by atoms with Crippen LogP contribution in [0.2, 0.25) is 0 Å². The minimum atomic E-state index is -0.981. The average Bonchev–Trinajstić information content (AvgIpc) is 2.70. The first-order chi connectivity index (χ1) is 13.8. The molecule has 1 atom stereocenters. The highest BCUT2D eigenvalue weighted by molar-refractivity contribution is 5.96. The number of aliphatic hydroxyl groups is 1. The Balaban J connectivity index is 2.54. The number of carbonyl (C=O) groups is 1. The average molecular weight is 413 g/mol. The summed E-state index contributed by atoms with van der Waals surface area (Å²) >= 11 is 0.